The van der Waals surface area contributed by atoms with Crippen LogP contribution in [0.5, 0.6) is 0 Å². The van der Waals surface area contributed by atoms with Crippen LogP contribution in [0.2, 0.25) is 0 Å². The SMILES string of the molecule is CCc1ccc(C2NC(=O)c3oc4ccc(F)cc4c(=O)c32)cc1. The molecule has 4 rings (SSSR count). The van der Waals surface area contributed by atoms with Gasteiger partial charge in [0.25, 0.3) is 5.91 Å². The minimum absolute atomic E-state index is 0.00340. The van der Waals surface area contributed by atoms with Gasteiger partial charge in [-0.05, 0) is 35.7 Å². The smallest absolute Gasteiger partial charge is 0.288 e. The van der Waals surface area contributed by atoms with Crippen LogP contribution in [0.15, 0.2) is 51.7 Å². The molecule has 2 aromatic carbocycles. The maximum atomic E-state index is 13.5. The molecule has 1 atom stereocenters. The van der Waals surface area contributed by atoms with Crippen molar-refractivity contribution in [2.24, 2.45) is 0 Å². The van der Waals surface area contributed by atoms with Gasteiger partial charge in [-0.2, -0.15) is 0 Å². The number of nitrogens with one attached hydrogen (secondary N) is 1. The van der Waals surface area contributed by atoms with E-state index in [1.165, 1.54) is 12.1 Å². The van der Waals surface area contributed by atoms with Crippen molar-refractivity contribution in [1.29, 1.82) is 0 Å². The second-order valence-electron chi connectivity index (χ2n) is 5.82. The van der Waals surface area contributed by atoms with Gasteiger partial charge in [0.15, 0.2) is 5.43 Å². The summed E-state index contributed by atoms with van der Waals surface area (Å²) in [7, 11) is 0. The van der Waals surface area contributed by atoms with Crippen LogP contribution in [0, 0.1) is 5.82 Å². The average molecular weight is 323 g/mol. The van der Waals surface area contributed by atoms with Gasteiger partial charge in [0.2, 0.25) is 5.76 Å². The lowest BCUT2D eigenvalue weighted by molar-refractivity contribution is 0.0938. The molecule has 1 unspecified atom stereocenters. The summed E-state index contributed by atoms with van der Waals surface area (Å²) < 4.78 is 19.1. The molecule has 0 saturated carbocycles. The molecule has 0 saturated heterocycles. The van der Waals surface area contributed by atoms with Gasteiger partial charge in [-0.15, -0.1) is 0 Å². The van der Waals surface area contributed by atoms with E-state index in [1.54, 1.807) is 0 Å². The minimum Gasteiger partial charge on any atom is -0.450 e. The number of carbonyl (C=O) groups excluding carboxylic acids is 1. The van der Waals surface area contributed by atoms with E-state index in [9.17, 15) is 14.0 Å². The Kier molecular flexibility index (Phi) is 3.23. The van der Waals surface area contributed by atoms with Crippen molar-refractivity contribution in [3.8, 4) is 0 Å². The third kappa shape index (κ3) is 2.12. The van der Waals surface area contributed by atoms with Crippen LogP contribution in [-0.4, -0.2) is 5.91 Å². The number of aryl methyl sites for hydroxylation is 1. The van der Waals surface area contributed by atoms with Gasteiger partial charge in [-0.1, -0.05) is 31.2 Å². The number of rotatable bonds is 2. The predicted octanol–water partition coefficient (Wildman–Crippen LogP) is 3.33. The van der Waals surface area contributed by atoms with Crippen molar-refractivity contribution >= 4 is 16.9 Å². The second kappa shape index (κ2) is 5.30. The molecule has 24 heavy (non-hydrogen) atoms. The third-order valence-electron chi connectivity index (χ3n) is 4.38. The van der Waals surface area contributed by atoms with Crippen molar-refractivity contribution in [2.75, 3.05) is 0 Å². The van der Waals surface area contributed by atoms with Crippen molar-refractivity contribution in [3.05, 3.63) is 81.0 Å². The number of amides is 1. The molecular formula is C19H14FNO3. The normalized spacial score (nSPS) is 16.2. The lowest BCUT2D eigenvalue weighted by Crippen LogP contribution is -2.21. The first kappa shape index (κ1) is 14.6. The Morgan fingerprint density at radius 2 is 1.88 bits per heavy atom. The number of carbonyl (C=O) groups is 1. The number of halogens is 1. The Hall–Kier alpha value is -2.95. The molecule has 1 aliphatic heterocycles. The van der Waals surface area contributed by atoms with E-state index in [-0.39, 0.29) is 27.7 Å². The van der Waals surface area contributed by atoms with Crippen molar-refractivity contribution in [3.63, 3.8) is 0 Å². The van der Waals surface area contributed by atoms with Crippen LogP contribution < -0.4 is 10.7 Å². The van der Waals surface area contributed by atoms with Crippen molar-refractivity contribution in [1.82, 2.24) is 5.32 Å². The number of hydrogen-bond donors (Lipinski definition) is 1. The maximum Gasteiger partial charge on any atom is 0.288 e. The fraction of sp³-hybridized carbons (Fsp3) is 0.158. The highest BCUT2D eigenvalue weighted by molar-refractivity contribution is 5.98. The standard InChI is InChI=1S/C19H14FNO3/c1-2-10-3-5-11(6-4-10)16-15-17(22)13-9-12(20)7-8-14(13)24-18(15)19(23)21-16/h3-9,16H,2H2,1H3,(H,21,23). The molecule has 3 aromatic rings. The molecule has 1 N–H and O–H groups in total. The van der Waals surface area contributed by atoms with E-state index in [0.29, 0.717) is 0 Å². The monoisotopic (exact) mass is 323 g/mol. The van der Waals surface area contributed by atoms with Crippen LogP contribution in [0.1, 0.15) is 40.2 Å². The predicted molar refractivity (Wildman–Crippen MR) is 87.6 cm³/mol. The van der Waals surface area contributed by atoms with E-state index in [0.717, 1.165) is 23.6 Å². The molecule has 1 aromatic heterocycles. The highest BCUT2D eigenvalue weighted by Crippen LogP contribution is 2.31. The number of benzene rings is 2. The minimum atomic E-state index is -0.581. The Balaban J connectivity index is 1.93. The third-order valence-corrected chi connectivity index (χ3v) is 4.38. The van der Waals surface area contributed by atoms with E-state index in [1.807, 2.05) is 24.3 Å². The molecule has 2 heterocycles. The summed E-state index contributed by atoms with van der Waals surface area (Å²) in [6, 6.07) is 10.8. The summed E-state index contributed by atoms with van der Waals surface area (Å²) in [5.74, 6) is -0.947. The van der Waals surface area contributed by atoms with Gasteiger partial charge in [0.05, 0.1) is 17.0 Å². The van der Waals surface area contributed by atoms with Crippen LogP contribution >= 0.6 is 0 Å². The molecule has 4 nitrogen and oxygen atoms in total. The first-order chi connectivity index (χ1) is 11.6. The molecule has 1 amide bonds. The lowest BCUT2D eigenvalue weighted by atomic mass is 9.98. The molecule has 0 spiro atoms. The molecule has 120 valence electrons. The van der Waals surface area contributed by atoms with Gasteiger partial charge in [0, 0.05) is 0 Å². The molecule has 0 bridgehead atoms. The zero-order valence-electron chi connectivity index (χ0n) is 12.9. The van der Waals surface area contributed by atoms with Crippen LogP contribution in [0.4, 0.5) is 4.39 Å². The van der Waals surface area contributed by atoms with Crippen LogP contribution in [-0.2, 0) is 6.42 Å². The quantitative estimate of drug-likeness (QED) is 0.787. The molecule has 0 aliphatic carbocycles. The fourth-order valence-electron chi connectivity index (χ4n) is 3.08. The Bertz CT molecular complexity index is 1020. The molecule has 0 fully saturated rings. The Morgan fingerprint density at radius 3 is 2.58 bits per heavy atom. The summed E-state index contributed by atoms with van der Waals surface area (Å²) in [6.07, 6.45) is 0.903. The Morgan fingerprint density at radius 1 is 1.12 bits per heavy atom. The molecule has 0 radical (unpaired) electrons. The first-order valence-corrected chi connectivity index (χ1v) is 7.74. The number of fused-ring (bicyclic) bond motifs is 2. The van der Waals surface area contributed by atoms with Gasteiger partial charge >= 0.3 is 0 Å². The summed E-state index contributed by atoms with van der Waals surface area (Å²) >= 11 is 0. The lowest BCUT2D eigenvalue weighted by Gasteiger charge is -2.12. The summed E-state index contributed by atoms with van der Waals surface area (Å²) in [6.45, 7) is 2.05. The maximum absolute atomic E-state index is 13.5. The van der Waals surface area contributed by atoms with E-state index in [2.05, 4.69) is 12.2 Å². The van der Waals surface area contributed by atoms with E-state index < -0.39 is 17.8 Å². The fourth-order valence-corrected chi connectivity index (χ4v) is 3.08. The van der Waals surface area contributed by atoms with Gasteiger partial charge in [-0.25, -0.2) is 4.39 Å². The molecular weight excluding hydrogens is 309 g/mol. The number of hydrogen-bond acceptors (Lipinski definition) is 3. The molecule has 5 heteroatoms. The van der Waals surface area contributed by atoms with Crippen LogP contribution in [0.3, 0.4) is 0 Å². The topological polar surface area (TPSA) is 59.3 Å². The van der Waals surface area contributed by atoms with Gasteiger partial charge in [-0.3, -0.25) is 9.59 Å². The summed E-state index contributed by atoms with van der Waals surface area (Å²) in [5, 5.41) is 2.92. The zero-order valence-corrected chi connectivity index (χ0v) is 12.9. The Labute approximate surface area is 136 Å². The second-order valence-corrected chi connectivity index (χ2v) is 5.82. The van der Waals surface area contributed by atoms with E-state index >= 15 is 0 Å². The molecule has 1 aliphatic rings. The van der Waals surface area contributed by atoms with Crippen molar-refractivity contribution in [2.45, 2.75) is 19.4 Å². The van der Waals surface area contributed by atoms with Gasteiger partial charge in [0.1, 0.15) is 11.4 Å². The van der Waals surface area contributed by atoms with E-state index in [4.69, 9.17) is 4.42 Å². The van der Waals surface area contributed by atoms with Gasteiger partial charge < -0.3 is 9.73 Å². The first-order valence-electron chi connectivity index (χ1n) is 7.74. The van der Waals surface area contributed by atoms with Crippen molar-refractivity contribution < 1.29 is 13.6 Å². The average Bonchev–Trinajstić information content (AvgIpc) is 2.93. The zero-order chi connectivity index (χ0) is 16.8. The highest BCUT2D eigenvalue weighted by Gasteiger charge is 2.35. The largest absolute Gasteiger partial charge is 0.450 e. The summed E-state index contributed by atoms with van der Waals surface area (Å²) in [4.78, 5) is 25.0. The van der Waals surface area contributed by atoms with Crippen LogP contribution in [0.25, 0.3) is 11.0 Å². The highest BCUT2D eigenvalue weighted by atomic mass is 19.1. The summed E-state index contributed by atoms with van der Waals surface area (Å²) in [5.41, 5.74) is 2.02.